The second-order valence-corrected chi connectivity index (χ2v) is 9.33. The molecular weight excluding hydrogens is 417 g/mol. The van der Waals surface area contributed by atoms with Gasteiger partial charge in [0.25, 0.3) is 0 Å². The van der Waals surface area contributed by atoms with Crippen LogP contribution in [0.3, 0.4) is 0 Å². The molecule has 1 aromatic rings. The summed E-state index contributed by atoms with van der Waals surface area (Å²) in [6.07, 6.45) is -0.955. The van der Waals surface area contributed by atoms with Crippen molar-refractivity contribution in [3.8, 4) is 5.75 Å². The second-order valence-electron chi connectivity index (χ2n) is 9.33. The Kier molecular flexibility index (Phi) is 4.58. The van der Waals surface area contributed by atoms with E-state index >= 15 is 0 Å². The molecule has 1 N–H and O–H groups in total. The summed E-state index contributed by atoms with van der Waals surface area (Å²) in [5, 5.41) is 2.93. The van der Waals surface area contributed by atoms with Crippen molar-refractivity contribution in [1.29, 1.82) is 0 Å². The number of morpholine rings is 1. The van der Waals surface area contributed by atoms with Crippen molar-refractivity contribution in [2.45, 2.75) is 31.2 Å². The molecule has 0 bridgehead atoms. The number of hydrogen-bond acceptors (Lipinski definition) is 5. The summed E-state index contributed by atoms with van der Waals surface area (Å²) in [6, 6.07) is 2.85. The number of likely N-dealkylation sites (tertiary alicyclic amines) is 2. The van der Waals surface area contributed by atoms with Crippen molar-refractivity contribution in [3.05, 3.63) is 24.0 Å². The molecular formula is C20H23F3N4O4. The molecule has 1 aliphatic carbocycles. The highest BCUT2D eigenvalue weighted by molar-refractivity contribution is 5.81. The van der Waals surface area contributed by atoms with Crippen molar-refractivity contribution in [2.24, 2.45) is 11.3 Å². The van der Waals surface area contributed by atoms with Crippen molar-refractivity contribution in [3.63, 3.8) is 0 Å². The predicted molar refractivity (Wildman–Crippen MR) is 100 cm³/mol. The molecule has 4 fully saturated rings. The lowest BCUT2D eigenvalue weighted by Crippen LogP contribution is -2.78. The average Bonchev–Trinajstić information content (AvgIpc) is 2.60. The number of nitrogens with zero attached hydrogens (tertiary/aromatic N) is 3. The molecule has 8 nitrogen and oxygen atoms in total. The van der Waals surface area contributed by atoms with Crippen molar-refractivity contribution >= 4 is 11.9 Å². The van der Waals surface area contributed by atoms with Crippen LogP contribution < -0.4 is 10.1 Å². The van der Waals surface area contributed by atoms with Gasteiger partial charge in [-0.05, 0) is 37.3 Å². The lowest BCUT2D eigenvalue weighted by molar-refractivity contribution is -0.274. The Labute approximate surface area is 176 Å². The molecule has 3 aliphatic heterocycles. The van der Waals surface area contributed by atoms with E-state index in [2.05, 4.69) is 15.0 Å². The fraction of sp³-hybridized carbons (Fsp3) is 0.650. The molecule has 31 heavy (non-hydrogen) atoms. The third-order valence-electron chi connectivity index (χ3n) is 6.57. The van der Waals surface area contributed by atoms with Crippen LogP contribution in [0.25, 0.3) is 0 Å². The normalized spacial score (nSPS) is 24.3. The topological polar surface area (TPSA) is 84.0 Å². The molecule has 2 spiro atoms. The van der Waals surface area contributed by atoms with Gasteiger partial charge in [0.2, 0.25) is 5.91 Å². The first kappa shape index (κ1) is 20.3. The zero-order valence-corrected chi connectivity index (χ0v) is 16.8. The molecule has 5 rings (SSSR count). The molecule has 0 atom stereocenters. The van der Waals surface area contributed by atoms with Gasteiger partial charge in [0.15, 0.2) is 0 Å². The third-order valence-corrected chi connectivity index (χ3v) is 6.57. The van der Waals surface area contributed by atoms with Gasteiger partial charge in [-0.15, -0.1) is 13.2 Å². The van der Waals surface area contributed by atoms with Crippen LogP contribution in [0.2, 0.25) is 0 Å². The Morgan fingerprint density at radius 2 is 1.94 bits per heavy atom. The van der Waals surface area contributed by atoms with Gasteiger partial charge < -0.3 is 24.6 Å². The minimum atomic E-state index is -4.72. The number of carbonyl (C=O) groups excluding carboxylic acids is 2. The molecule has 0 radical (unpaired) electrons. The monoisotopic (exact) mass is 440 g/mol. The van der Waals surface area contributed by atoms with Gasteiger partial charge in [-0.25, -0.2) is 4.79 Å². The Bertz CT molecular complexity index is 871. The molecule has 1 saturated carbocycles. The zero-order chi connectivity index (χ0) is 21.9. The van der Waals surface area contributed by atoms with Crippen molar-refractivity contribution in [2.75, 3.05) is 39.4 Å². The number of halogens is 3. The van der Waals surface area contributed by atoms with Crippen LogP contribution in [0.15, 0.2) is 18.3 Å². The second kappa shape index (κ2) is 6.98. The number of carbonyl (C=O) groups is 2. The molecule has 3 amide bonds. The number of amides is 3. The summed E-state index contributed by atoms with van der Waals surface area (Å²) in [7, 11) is 0. The van der Waals surface area contributed by atoms with Gasteiger partial charge in [0.1, 0.15) is 12.4 Å². The number of hydrogen-bond donors (Lipinski definition) is 1. The van der Waals surface area contributed by atoms with E-state index in [4.69, 9.17) is 4.74 Å². The Hall–Kier alpha value is -2.56. The quantitative estimate of drug-likeness (QED) is 0.771. The average molecular weight is 440 g/mol. The lowest BCUT2D eigenvalue weighted by Gasteiger charge is -2.61. The SMILES string of the molecule is O=C1COCC2(CN(C(=O)N3CC4(CC(Cc5ccc(OC(F)(F)F)cn5)C4)C3)C2)N1. The van der Waals surface area contributed by atoms with E-state index in [9.17, 15) is 22.8 Å². The summed E-state index contributed by atoms with van der Waals surface area (Å²) >= 11 is 0. The van der Waals surface area contributed by atoms with E-state index in [1.807, 2.05) is 4.90 Å². The molecule has 4 aliphatic rings. The number of urea groups is 1. The summed E-state index contributed by atoms with van der Waals surface area (Å²) in [6.45, 7) is 2.91. The maximum atomic E-state index is 12.6. The highest BCUT2D eigenvalue weighted by Crippen LogP contribution is 2.53. The fourth-order valence-electron chi connectivity index (χ4n) is 5.38. The van der Waals surface area contributed by atoms with E-state index in [1.54, 1.807) is 11.0 Å². The number of aromatic nitrogens is 1. The van der Waals surface area contributed by atoms with Gasteiger partial charge >= 0.3 is 12.4 Å². The largest absolute Gasteiger partial charge is 0.573 e. The van der Waals surface area contributed by atoms with Gasteiger partial charge in [-0.3, -0.25) is 9.78 Å². The van der Waals surface area contributed by atoms with Crippen LogP contribution in [0.4, 0.5) is 18.0 Å². The highest BCUT2D eigenvalue weighted by atomic mass is 19.4. The van der Waals surface area contributed by atoms with Gasteiger partial charge in [-0.1, -0.05) is 0 Å². The van der Waals surface area contributed by atoms with Gasteiger partial charge in [0.05, 0.1) is 18.3 Å². The number of nitrogens with one attached hydrogen (secondary N) is 1. The number of pyridine rings is 1. The minimum absolute atomic E-state index is 0.00134. The number of alkyl halides is 3. The minimum Gasteiger partial charge on any atom is -0.404 e. The molecule has 0 unspecified atom stereocenters. The summed E-state index contributed by atoms with van der Waals surface area (Å²) in [5.74, 6) is -0.0404. The van der Waals surface area contributed by atoms with Gasteiger partial charge in [-0.2, -0.15) is 0 Å². The summed E-state index contributed by atoms with van der Waals surface area (Å²) < 4.78 is 45.8. The van der Waals surface area contributed by atoms with Crippen LogP contribution >= 0.6 is 0 Å². The maximum Gasteiger partial charge on any atom is 0.573 e. The van der Waals surface area contributed by atoms with Gasteiger partial charge in [0, 0.05) is 37.3 Å². The van der Waals surface area contributed by atoms with E-state index in [1.165, 1.54) is 6.07 Å². The molecule has 168 valence electrons. The van der Waals surface area contributed by atoms with E-state index in [-0.39, 0.29) is 29.7 Å². The summed E-state index contributed by atoms with van der Waals surface area (Å²) in [4.78, 5) is 31.8. The van der Waals surface area contributed by atoms with Crippen LogP contribution in [0.1, 0.15) is 18.5 Å². The molecule has 1 aromatic heterocycles. The van der Waals surface area contributed by atoms with Crippen LogP contribution in [0.5, 0.6) is 5.75 Å². The van der Waals surface area contributed by atoms with Crippen LogP contribution in [-0.2, 0) is 16.0 Å². The standard InChI is InChI=1S/C20H23F3N4O4/c21-20(22,23)31-15-2-1-14(24-6-15)3-13-4-18(5-13)8-26(9-18)17(29)27-10-19(11-27)12-30-7-16(28)25-19/h1-2,6,13H,3-5,7-12H2,(H,25,28). The Morgan fingerprint density at radius 3 is 2.55 bits per heavy atom. The Morgan fingerprint density at radius 1 is 1.23 bits per heavy atom. The molecule has 4 heterocycles. The van der Waals surface area contributed by atoms with Crippen LogP contribution in [-0.4, -0.2) is 78.0 Å². The van der Waals surface area contributed by atoms with E-state index in [0.717, 1.165) is 37.8 Å². The van der Waals surface area contributed by atoms with E-state index in [0.29, 0.717) is 32.0 Å². The summed E-state index contributed by atoms with van der Waals surface area (Å²) in [5.41, 5.74) is 0.469. The smallest absolute Gasteiger partial charge is 0.404 e. The zero-order valence-electron chi connectivity index (χ0n) is 16.8. The maximum absolute atomic E-state index is 12.6. The predicted octanol–water partition coefficient (Wildman–Crippen LogP) is 1.56. The lowest BCUT2D eigenvalue weighted by atomic mass is 9.57. The molecule has 11 heteroatoms. The highest BCUT2D eigenvalue weighted by Gasteiger charge is 2.56. The van der Waals surface area contributed by atoms with Crippen molar-refractivity contribution < 1.29 is 32.2 Å². The number of ether oxygens (including phenoxy) is 2. The third kappa shape index (κ3) is 4.02. The first-order valence-electron chi connectivity index (χ1n) is 10.3. The Balaban J connectivity index is 1.04. The first-order valence-corrected chi connectivity index (χ1v) is 10.3. The molecule has 3 saturated heterocycles. The van der Waals surface area contributed by atoms with Crippen molar-refractivity contribution in [1.82, 2.24) is 20.1 Å². The first-order chi connectivity index (χ1) is 14.6. The fourth-order valence-corrected chi connectivity index (χ4v) is 5.38. The molecule has 0 aromatic carbocycles. The van der Waals surface area contributed by atoms with E-state index < -0.39 is 11.9 Å². The number of rotatable bonds is 3. The van der Waals surface area contributed by atoms with Crippen LogP contribution in [0, 0.1) is 11.3 Å².